The number of amides is 1. The molecule has 7 heteroatoms. The van der Waals surface area contributed by atoms with E-state index in [9.17, 15) is 4.79 Å². The predicted octanol–water partition coefficient (Wildman–Crippen LogP) is 2.33. The van der Waals surface area contributed by atoms with Gasteiger partial charge in [0.25, 0.3) is 0 Å². The number of hydrogen-bond acceptors (Lipinski definition) is 5. The molecule has 0 radical (unpaired) electrons. The maximum atomic E-state index is 12.6. The number of aromatic nitrogens is 2. The zero-order valence-corrected chi connectivity index (χ0v) is 13.9. The Hall–Kier alpha value is -1.92. The van der Waals surface area contributed by atoms with Gasteiger partial charge in [-0.2, -0.15) is 0 Å². The summed E-state index contributed by atoms with van der Waals surface area (Å²) >= 11 is 5.99. The van der Waals surface area contributed by atoms with Crippen LogP contribution in [0.2, 0.25) is 5.02 Å². The van der Waals surface area contributed by atoms with Crippen LogP contribution >= 0.6 is 11.6 Å². The van der Waals surface area contributed by atoms with E-state index in [1.165, 1.54) is 6.33 Å². The molecule has 1 N–H and O–H groups in total. The van der Waals surface area contributed by atoms with Gasteiger partial charge < -0.3 is 15.0 Å². The normalized spacial score (nSPS) is 19.6. The molecule has 2 heterocycles. The Labute approximate surface area is 139 Å². The molecule has 1 fully saturated rings. The minimum absolute atomic E-state index is 0.0431. The highest BCUT2D eigenvalue weighted by atomic mass is 35.5. The Bertz CT molecular complexity index is 724. The molecule has 1 aliphatic rings. The Morgan fingerprint density at radius 2 is 2.30 bits per heavy atom. The lowest BCUT2D eigenvalue weighted by Gasteiger charge is -2.35. The second kappa shape index (κ2) is 6.68. The topological polar surface area (TPSA) is 67.4 Å². The summed E-state index contributed by atoms with van der Waals surface area (Å²) < 4.78 is 5.38. The summed E-state index contributed by atoms with van der Waals surface area (Å²) in [6.07, 6.45) is 1.47. The fraction of sp³-hybridized carbons (Fsp3) is 0.438. The van der Waals surface area contributed by atoms with Crippen molar-refractivity contribution >= 4 is 34.2 Å². The van der Waals surface area contributed by atoms with Crippen molar-refractivity contribution in [2.75, 3.05) is 25.1 Å². The Morgan fingerprint density at radius 1 is 1.48 bits per heavy atom. The summed E-state index contributed by atoms with van der Waals surface area (Å²) in [7, 11) is 0. The summed E-state index contributed by atoms with van der Waals surface area (Å²) in [5, 5.41) is 4.65. The van der Waals surface area contributed by atoms with Gasteiger partial charge in [0, 0.05) is 17.0 Å². The summed E-state index contributed by atoms with van der Waals surface area (Å²) in [5.41, 5.74) is 0.745. The van der Waals surface area contributed by atoms with Gasteiger partial charge in [0.1, 0.15) is 18.2 Å². The van der Waals surface area contributed by atoms with Crippen molar-refractivity contribution in [2.45, 2.75) is 25.9 Å². The number of carbonyl (C=O) groups is 1. The van der Waals surface area contributed by atoms with Crippen molar-refractivity contribution in [3.8, 4) is 0 Å². The second-order valence-corrected chi connectivity index (χ2v) is 6.14. The predicted molar refractivity (Wildman–Crippen MR) is 89.6 cm³/mol. The van der Waals surface area contributed by atoms with E-state index in [-0.39, 0.29) is 18.0 Å². The third-order valence-corrected chi connectivity index (χ3v) is 4.21. The van der Waals surface area contributed by atoms with E-state index in [0.717, 1.165) is 10.9 Å². The highest BCUT2D eigenvalue weighted by Crippen LogP contribution is 2.23. The fourth-order valence-corrected chi connectivity index (χ4v) is 2.88. The molecule has 0 aliphatic carbocycles. The van der Waals surface area contributed by atoms with Gasteiger partial charge in [-0.05, 0) is 32.0 Å². The third kappa shape index (κ3) is 3.38. The zero-order valence-electron chi connectivity index (χ0n) is 13.1. The van der Waals surface area contributed by atoms with Crippen LogP contribution in [0.1, 0.15) is 13.8 Å². The molecule has 0 bridgehead atoms. The van der Waals surface area contributed by atoms with Gasteiger partial charge in [-0.3, -0.25) is 4.79 Å². The minimum Gasteiger partial charge on any atom is -0.377 e. The Balaban J connectivity index is 1.80. The average Bonchev–Trinajstić information content (AvgIpc) is 2.54. The number of benzene rings is 1. The number of fused-ring (bicyclic) bond motifs is 1. The molecule has 0 unspecified atom stereocenters. The van der Waals surface area contributed by atoms with E-state index in [1.54, 1.807) is 12.1 Å². The van der Waals surface area contributed by atoms with Crippen LogP contribution in [0.4, 0.5) is 5.82 Å². The van der Waals surface area contributed by atoms with Gasteiger partial charge in [0.15, 0.2) is 0 Å². The van der Waals surface area contributed by atoms with Crippen LogP contribution in [0, 0.1) is 0 Å². The number of hydrogen-bond donors (Lipinski definition) is 1. The average molecular weight is 335 g/mol. The van der Waals surface area contributed by atoms with Gasteiger partial charge in [0.2, 0.25) is 5.91 Å². The minimum atomic E-state index is -0.385. The van der Waals surface area contributed by atoms with Crippen LogP contribution in [-0.4, -0.2) is 52.6 Å². The number of nitrogens with one attached hydrogen (secondary N) is 1. The van der Waals surface area contributed by atoms with Crippen LogP contribution in [0.15, 0.2) is 24.5 Å². The van der Waals surface area contributed by atoms with Crippen molar-refractivity contribution in [2.24, 2.45) is 0 Å². The summed E-state index contributed by atoms with van der Waals surface area (Å²) in [6, 6.07) is 5.12. The molecule has 3 rings (SSSR count). The highest BCUT2D eigenvalue weighted by Gasteiger charge is 2.27. The van der Waals surface area contributed by atoms with Crippen LogP contribution in [0.25, 0.3) is 10.9 Å². The fourth-order valence-electron chi connectivity index (χ4n) is 2.72. The van der Waals surface area contributed by atoms with Crippen LogP contribution in [-0.2, 0) is 9.53 Å². The first kappa shape index (κ1) is 16.0. The molecule has 1 aliphatic heterocycles. The van der Waals surface area contributed by atoms with E-state index in [4.69, 9.17) is 16.3 Å². The molecule has 1 saturated heterocycles. The number of carbonyl (C=O) groups excluding carboxylic acids is 1. The van der Waals surface area contributed by atoms with Crippen molar-refractivity contribution in [3.05, 3.63) is 29.5 Å². The number of nitrogens with zero attached hydrogens (tertiary/aromatic N) is 3. The molecule has 1 amide bonds. The molecular formula is C16H19ClN4O2. The maximum absolute atomic E-state index is 12.6. The lowest BCUT2D eigenvalue weighted by atomic mass is 10.2. The van der Waals surface area contributed by atoms with Gasteiger partial charge in [-0.25, -0.2) is 9.97 Å². The molecule has 2 aromatic rings. The molecule has 0 saturated carbocycles. The van der Waals surface area contributed by atoms with E-state index in [2.05, 4.69) is 15.3 Å². The van der Waals surface area contributed by atoms with E-state index < -0.39 is 0 Å². The lowest BCUT2D eigenvalue weighted by Crippen LogP contribution is -2.51. The van der Waals surface area contributed by atoms with Gasteiger partial charge >= 0.3 is 0 Å². The Morgan fingerprint density at radius 3 is 3.09 bits per heavy atom. The maximum Gasteiger partial charge on any atom is 0.245 e. The van der Waals surface area contributed by atoms with Crippen molar-refractivity contribution in [3.63, 3.8) is 0 Å². The molecule has 2 atom stereocenters. The van der Waals surface area contributed by atoms with E-state index in [0.29, 0.717) is 30.6 Å². The smallest absolute Gasteiger partial charge is 0.245 e. The summed E-state index contributed by atoms with van der Waals surface area (Å²) in [5.74, 6) is 0.676. The number of ether oxygens (including phenoxy) is 1. The van der Waals surface area contributed by atoms with Crippen LogP contribution in [0.5, 0.6) is 0 Å². The molecule has 122 valence electrons. The quantitative estimate of drug-likeness (QED) is 0.933. The van der Waals surface area contributed by atoms with Crippen LogP contribution < -0.4 is 5.32 Å². The van der Waals surface area contributed by atoms with Gasteiger partial charge in [0.05, 0.1) is 24.8 Å². The summed E-state index contributed by atoms with van der Waals surface area (Å²) in [6.45, 7) is 5.61. The number of morpholine rings is 1. The highest BCUT2D eigenvalue weighted by molar-refractivity contribution is 6.31. The van der Waals surface area contributed by atoms with Gasteiger partial charge in [-0.15, -0.1) is 0 Å². The molecule has 0 spiro atoms. The lowest BCUT2D eigenvalue weighted by molar-refractivity contribution is -0.139. The zero-order chi connectivity index (χ0) is 16.4. The van der Waals surface area contributed by atoms with E-state index in [1.807, 2.05) is 24.8 Å². The van der Waals surface area contributed by atoms with Crippen molar-refractivity contribution in [1.29, 1.82) is 0 Å². The molecule has 1 aromatic carbocycles. The molecule has 1 aromatic heterocycles. The monoisotopic (exact) mass is 334 g/mol. The van der Waals surface area contributed by atoms with Crippen molar-refractivity contribution in [1.82, 2.24) is 14.9 Å². The van der Waals surface area contributed by atoms with Crippen molar-refractivity contribution < 1.29 is 9.53 Å². The molecular weight excluding hydrogens is 316 g/mol. The summed E-state index contributed by atoms with van der Waals surface area (Å²) in [4.78, 5) is 23.0. The molecule has 23 heavy (non-hydrogen) atoms. The van der Waals surface area contributed by atoms with Crippen LogP contribution in [0.3, 0.4) is 0 Å². The largest absolute Gasteiger partial charge is 0.377 e. The number of rotatable bonds is 3. The Kier molecular flexibility index (Phi) is 4.63. The molecule has 6 nitrogen and oxygen atoms in total. The first-order valence-electron chi connectivity index (χ1n) is 7.61. The second-order valence-electron chi connectivity index (χ2n) is 5.71. The van der Waals surface area contributed by atoms with Gasteiger partial charge in [-0.1, -0.05) is 11.6 Å². The number of halogens is 1. The SMILES string of the molecule is C[C@@H](Nc1ncnc2cc(Cl)ccc12)C(=O)N1CCOC[C@@H]1C. The first-order chi connectivity index (χ1) is 11.1. The third-order valence-electron chi connectivity index (χ3n) is 3.97. The first-order valence-corrected chi connectivity index (χ1v) is 7.99. The standard InChI is InChI=1S/C16H19ClN4O2/c1-10-8-23-6-5-21(10)16(22)11(2)20-15-13-4-3-12(17)7-14(13)18-9-19-15/h3-4,7,9-11H,5-6,8H2,1-2H3,(H,18,19,20)/t10-,11+/m0/s1. The van der Waals surface area contributed by atoms with E-state index >= 15 is 0 Å². The number of anilines is 1.